The second-order valence-corrected chi connectivity index (χ2v) is 8.17. The zero-order valence-corrected chi connectivity index (χ0v) is 18.9. The first-order chi connectivity index (χ1) is 14.9. The fraction of sp³-hybridized carbons (Fsp3) is 0.217. The van der Waals surface area contributed by atoms with Gasteiger partial charge >= 0.3 is 6.03 Å². The molecule has 0 bridgehead atoms. The highest BCUT2D eigenvalue weighted by Crippen LogP contribution is 2.25. The van der Waals surface area contributed by atoms with Crippen molar-refractivity contribution in [3.63, 3.8) is 0 Å². The predicted molar refractivity (Wildman–Crippen MR) is 125 cm³/mol. The molecule has 0 atom stereocenters. The Morgan fingerprint density at radius 1 is 1.13 bits per heavy atom. The van der Waals surface area contributed by atoms with Gasteiger partial charge < -0.3 is 20.4 Å². The van der Waals surface area contributed by atoms with Gasteiger partial charge in [0.1, 0.15) is 17.4 Å². The molecule has 0 aliphatic heterocycles. The number of aromatic nitrogens is 1. The standard InChI is InChI=1S/C23H24ClN3O3S/c1-15-11-19(30-14-18-9-4-3-7-16(18)12-26-23(25)29)21(24)22(28)27(15)13-17-8-5-6-10-20(17)31-2/h3-11H,12-14H2,1-2H3,(H3,25,26,29). The number of nitrogens with two attached hydrogens (primary N) is 1. The largest absolute Gasteiger partial charge is 0.487 e. The molecule has 1 heterocycles. The quantitative estimate of drug-likeness (QED) is 0.493. The van der Waals surface area contributed by atoms with Crippen molar-refractivity contribution < 1.29 is 9.53 Å². The molecule has 0 saturated heterocycles. The minimum Gasteiger partial charge on any atom is -0.487 e. The van der Waals surface area contributed by atoms with E-state index in [1.165, 1.54) is 0 Å². The summed E-state index contributed by atoms with van der Waals surface area (Å²) in [7, 11) is 0. The van der Waals surface area contributed by atoms with Crippen molar-refractivity contribution >= 4 is 29.4 Å². The normalized spacial score (nSPS) is 10.7. The molecular weight excluding hydrogens is 434 g/mol. The molecule has 3 N–H and O–H groups in total. The molecule has 0 aliphatic rings. The van der Waals surface area contributed by atoms with Crippen LogP contribution in [0.1, 0.15) is 22.4 Å². The molecule has 2 amide bonds. The number of primary amides is 1. The smallest absolute Gasteiger partial charge is 0.312 e. The Balaban J connectivity index is 1.82. The van der Waals surface area contributed by atoms with E-state index in [0.717, 1.165) is 27.3 Å². The lowest BCUT2D eigenvalue weighted by molar-refractivity contribution is 0.248. The Bertz CT molecular complexity index is 1150. The first-order valence-corrected chi connectivity index (χ1v) is 11.3. The molecule has 0 radical (unpaired) electrons. The van der Waals surface area contributed by atoms with Crippen LogP contribution in [0.3, 0.4) is 0 Å². The minimum absolute atomic E-state index is 0.0416. The number of urea groups is 1. The van der Waals surface area contributed by atoms with Crippen LogP contribution >= 0.6 is 23.4 Å². The molecule has 0 unspecified atom stereocenters. The van der Waals surface area contributed by atoms with Gasteiger partial charge in [-0.15, -0.1) is 11.8 Å². The lowest BCUT2D eigenvalue weighted by Crippen LogP contribution is -2.29. The summed E-state index contributed by atoms with van der Waals surface area (Å²) in [6.45, 7) is 2.78. The van der Waals surface area contributed by atoms with E-state index in [0.29, 0.717) is 12.3 Å². The molecule has 3 aromatic rings. The lowest BCUT2D eigenvalue weighted by atomic mass is 10.1. The molecule has 0 aliphatic carbocycles. The summed E-state index contributed by atoms with van der Waals surface area (Å²) in [5, 5.41) is 2.61. The van der Waals surface area contributed by atoms with E-state index in [9.17, 15) is 9.59 Å². The van der Waals surface area contributed by atoms with Crippen LogP contribution in [-0.4, -0.2) is 16.9 Å². The van der Waals surface area contributed by atoms with Gasteiger partial charge in [-0.2, -0.15) is 0 Å². The van der Waals surface area contributed by atoms with E-state index in [1.54, 1.807) is 22.4 Å². The third-order valence-electron chi connectivity index (χ3n) is 4.89. The van der Waals surface area contributed by atoms with Gasteiger partial charge in [0.05, 0.1) is 6.54 Å². The number of carbonyl (C=O) groups is 1. The van der Waals surface area contributed by atoms with Crippen molar-refractivity contribution in [2.75, 3.05) is 6.26 Å². The second kappa shape index (κ2) is 10.4. The monoisotopic (exact) mass is 457 g/mol. The number of rotatable bonds is 8. The summed E-state index contributed by atoms with van der Waals surface area (Å²) in [6.07, 6.45) is 2.01. The van der Waals surface area contributed by atoms with Crippen molar-refractivity contribution in [3.8, 4) is 5.75 Å². The first-order valence-electron chi connectivity index (χ1n) is 9.65. The van der Waals surface area contributed by atoms with Crippen molar-refractivity contribution in [1.29, 1.82) is 0 Å². The van der Waals surface area contributed by atoms with E-state index in [2.05, 4.69) is 5.32 Å². The number of thioether (sulfide) groups is 1. The number of halogens is 1. The van der Waals surface area contributed by atoms with E-state index in [4.69, 9.17) is 22.1 Å². The summed E-state index contributed by atoms with van der Waals surface area (Å²) in [6, 6.07) is 16.7. The predicted octanol–water partition coefficient (Wildman–Crippen LogP) is 4.33. The van der Waals surface area contributed by atoms with Crippen molar-refractivity contribution in [3.05, 3.63) is 92.4 Å². The second-order valence-electron chi connectivity index (χ2n) is 6.94. The molecule has 1 aromatic heterocycles. The third-order valence-corrected chi connectivity index (χ3v) is 6.08. The molecule has 0 fully saturated rings. The van der Waals surface area contributed by atoms with Crippen LogP contribution in [-0.2, 0) is 19.7 Å². The number of benzene rings is 2. The number of nitrogens with one attached hydrogen (secondary N) is 1. The van der Waals surface area contributed by atoms with Gasteiger partial charge in [-0.1, -0.05) is 54.1 Å². The Kier molecular flexibility index (Phi) is 7.65. The number of nitrogens with zero attached hydrogens (tertiary/aromatic N) is 1. The fourth-order valence-corrected chi connectivity index (χ4v) is 4.05. The maximum Gasteiger partial charge on any atom is 0.312 e. The molecule has 0 saturated carbocycles. The third kappa shape index (κ3) is 5.62. The number of aryl methyl sites for hydroxylation is 1. The summed E-state index contributed by atoms with van der Waals surface area (Å²) in [4.78, 5) is 25.1. The van der Waals surface area contributed by atoms with E-state index in [1.807, 2.05) is 61.7 Å². The van der Waals surface area contributed by atoms with Crippen LogP contribution in [0.15, 0.2) is 64.3 Å². The number of hydrogen-bond donors (Lipinski definition) is 2. The van der Waals surface area contributed by atoms with Crippen LogP contribution in [0.4, 0.5) is 4.79 Å². The Labute approximate surface area is 190 Å². The lowest BCUT2D eigenvalue weighted by Gasteiger charge is -2.16. The molecule has 8 heteroatoms. The Morgan fingerprint density at radius 2 is 1.77 bits per heavy atom. The summed E-state index contributed by atoms with van der Waals surface area (Å²) >= 11 is 8.02. The molecule has 31 heavy (non-hydrogen) atoms. The van der Waals surface area contributed by atoms with E-state index >= 15 is 0 Å². The van der Waals surface area contributed by atoms with Gasteiger partial charge in [-0.25, -0.2) is 4.79 Å². The SMILES string of the molecule is CSc1ccccc1Cn1c(C)cc(OCc2ccccc2CNC(N)=O)c(Cl)c1=O. The fourth-order valence-electron chi connectivity index (χ4n) is 3.23. The van der Waals surface area contributed by atoms with Crippen LogP contribution < -0.4 is 21.3 Å². The average Bonchev–Trinajstić information content (AvgIpc) is 2.77. The van der Waals surface area contributed by atoms with Crippen molar-refractivity contribution in [1.82, 2.24) is 9.88 Å². The molecule has 0 spiro atoms. The maximum absolute atomic E-state index is 13.0. The van der Waals surface area contributed by atoms with Crippen molar-refractivity contribution in [2.24, 2.45) is 5.73 Å². The van der Waals surface area contributed by atoms with Gasteiger partial charge in [-0.3, -0.25) is 4.79 Å². The van der Waals surface area contributed by atoms with Gasteiger partial charge in [-0.05, 0) is 35.9 Å². The van der Waals surface area contributed by atoms with E-state index in [-0.39, 0.29) is 23.7 Å². The number of amides is 2. The highest BCUT2D eigenvalue weighted by Gasteiger charge is 2.15. The molecular formula is C23H24ClN3O3S. The van der Waals surface area contributed by atoms with Crippen molar-refractivity contribution in [2.45, 2.75) is 31.5 Å². The van der Waals surface area contributed by atoms with Gasteiger partial charge in [0.25, 0.3) is 5.56 Å². The Morgan fingerprint density at radius 3 is 2.45 bits per heavy atom. The summed E-state index contributed by atoms with van der Waals surface area (Å²) in [5.41, 5.74) is 8.41. The zero-order chi connectivity index (χ0) is 22.4. The number of pyridine rings is 1. The number of ether oxygens (including phenoxy) is 1. The van der Waals surface area contributed by atoms with Crippen LogP contribution in [0.25, 0.3) is 0 Å². The van der Waals surface area contributed by atoms with E-state index < -0.39 is 6.03 Å². The zero-order valence-electron chi connectivity index (χ0n) is 17.4. The summed E-state index contributed by atoms with van der Waals surface area (Å²) in [5.74, 6) is 0.330. The topological polar surface area (TPSA) is 86.3 Å². The van der Waals surface area contributed by atoms with Gasteiger partial charge in [0.2, 0.25) is 0 Å². The molecule has 162 valence electrons. The highest BCUT2D eigenvalue weighted by atomic mass is 35.5. The molecule has 3 rings (SSSR count). The van der Waals surface area contributed by atoms with Gasteiger partial charge in [0, 0.05) is 23.2 Å². The highest BCUT2D eigenvalue weighted by molar-refractivity contribution is 7.98. The maximum atomic E-state index is 13.0. The average molecular weight is 458 g/mol. The first kappa shape index (κ1) is 22.8. The number of hydrogen-bond acceptors (Lipinski definition) is 4. The van der Waals surface area contributed by atoms with Crippen LogP contribution in [0.5, 0.6) is 5.75 Å². The summed E-state index contributed by atoms with van der Waals surface area (Å²) < 4.78 is 7.54. The van der Waals surface area contributed by atoms with Crippen LogP contribution in [0.2, 0.25) is 5.02 Å². The molecule has 2 aromatic carbocycles. The minimum atomic E-state index is -0.596. The molecule has 6 nitrogen and oxygen atoms in total. The van der Waals surface area contributed by atoms with Crippen LogP contribution in [0, 0.1) is 6.92 Å². The number of carbonyl (C=O) groups excluding carboxylic acids is 1. The Hall–Kier alpha value is -2.90. The van der Waals surface area contributed by atoms with Gasteiger partial charge in [0.15, 0.2) is 0 Å².